The molecule has 1 atom stereocenters. The lowest BCUT2D eigenvalue weighted by atomic mass is 9.85. The summed E-state index contributed by atoms with van der Waals surface area (Å²) in [6, 6.07) is 0.845. The topological polar surface area (TPSA) is 15.3 Å². The maximum Gasteiger partial charge on any atom is 0.0221 e. The van der Waals surface area contributed by atoms with Gasteiger partial charge in [0.15, 0.2) is 0 Å². The van der Waals surface area contributed by atoms with Crippen LogP contribution in [0.25, 0.3) is 0 Å². The van der Waals surface area contributed by atoms with E-state index in [2.05, 4.69) is 17.1 Å². The van der Waals surface area contributed by atoms with Crippen LogP contribution in [-0.4, -0.2) is 37.1 Å². The first kappa shape index (κ1) is 11.4. The third-order valence-corrected chi connectivity index (χ3v) is 4.02. The Morgan fingerprint density at radius 2 is 2.07 bits per heavy atom. The van der Waals surface area contributed by atoms with Crippen molar-refractivity contribution in [1.82, 2.24) is 10.2 Å². The maximum absolute atomic E-state index is 3.57. The lowest BCUT2D eigenvalue weighted by Crippen LogP contribution is -2.41. The van der Waals surface area contributed by atoms with Crippen molar-refractivity contribution < 1.29 is 0 Å². The maximum atomic E-state index is 3.57. The molecule has 88 valence electrons. The zero-order chi connectivity index (χ0) is 10.5. The first-order valence-electron chi connectivity index (χ1n) is 6.85. The molecular formula is C13H26N2. The molecule has 2 heteroatoms. The highest BCUT2D eigenvalue weighted by Gasteiger charge is 2.28. The van der Waals surface area contributed by atoms with Gasteiger partial charge in [0.1, 0.15) is 0 Å². The number of nitrogens with zero attached hydrogens (tertiary/aromatic N) is 1. The normalized spacial score (nSPS) is 28.2. The summed E-state index contributed by atoms with van der Waals surface area (Å²) in [5, 5.41) is 3.57. The van der Waals surface area contributed by atoms with E-state index in [4.69, 9.17) is 0 Å². The summed E-state index contributed by atoms with van der Waals surface area (Å²) in [4.78, 5) is 2.74. The van der Waals surface area contributed by atoms with Gasteiger partial charge in [-0.25, -0.2) is 0 Å². The molecule has 0 amide bonds. The molecule has 0 aromatic heterocycles. The largest absolute Gasteiger partial charge is 0.315 e. The Morgan fingerprint density at radius 3 is 2.73 bits per heavy atom. The first-order chi connectivity index (χ1) is 7.40. The zero-order valence-electron chi connectivity index (χ0n) is 10.2. The van der Waals surface area contributed by atoms with Crippen LogP contribution in [0.5, 0.6) is 0 Å². The number of likely N-dealkylation sites (tertiary alicyclic amines) is 1. The Labute approximate surface area is 94.4 Å². The van der Waals surface area contributed by atoms with Crippen molar-refractivity contribution in [3.63, 3.8) is 0 Å². The lowest BCUT2D eigenvalue weighted by molar-refractivity contribution is 0.164. The van der Waals surface area contributed by atoms with Gasteiger partial charge in [-0.2, -0.15) is 0 Å². The zero-order valence-corrected chi connectivity index (χ0v) is 10.2. The molecule has 0 aromatic rings. The molecule has 0 bridgehead atoms. The number of hydrogen-bond acceptors (Lipinski definition) is 2. The lowest BCUT2D eigenvalue weighted by Gasteiger charge is -2.33. The van der Waals surface area contributed by atoms with Crippen molar-refractivity contribution >= 4 is 0 Å². The van der Waals surface area contributed by atoms with Crippen LogP contribution in [0, 0.1) is 5.92 Å². The van der Waals surface area contributed by atoms with Crippen molar-refractivity contribution in [2.75, 3.05) is 26.2 Å². The molecule has 0 radical (unpaired) electrons. The molecule has 2 aliphatic rings. The van der Waals surface area contributed by atoms with Crippen LogP contribution in [-0.2, 0) is 0 Å². The van der Waals surface area contributed by atoms with E-state index in [0.717, 1.165) is 12.0 Å². The molecule has 0 aromatic carbocycles. The third-order valence-electron chi connectivity index (χ3n) is 4.02. The van der Waals surface area contributed by atoms with E-state index in [1.807, 2.05) is 0 Å². The molecule has 1 heterocycles. The summed E-state index contributed by atoms with van der Waals surface area (Å²) in [5.41, 5.74) is 0. The number of nitrogens with one attached hydrogen (secondary N) is 1. The van der Waals surface area contributed by atoms with Crippen molar-refractivity contribution in [2.45, 2.75) is 51.5 Å². The Morgan fingerprint density at radius 1 is 1.20 bits per heavy atom. The van der Waals surface area contributed by atoms with Crippen molar-refractivity contribution in [1.29, 1.82) is 0 Å². The van der Waals surface area contributed by atoms with Gasteiger partial charge in [0.05, 0.1) is 0 Å². The van der Waals surface area contributed by atoms with Crippen LogP contribution in [0.3, 0.4) is 0 Å². The second-order valence-corrected chi connectivity index (χ2v) is 5.29. The molecular weight excluding hydrogens is 184 g/mol. The Kier molecular flexibility index (Phi) is 4.45. The molecule has 1 unspecified atom stereocenters. The molecule has 2 fully saturated rings. The van der Waals surface area contributed by atoms with E-state index in [1.165, 1.54) is 64.7 Å². The minimum absolute atomic E-state index is 0.845. The molecule has 2 nitrogen and oxygen atoms in total. The minimum atomic E-state index is 0.845. The average molecular weight is 210 g/mol. The minimum Gasteiger partial charge on any atom is -0.315 e. The van der Waals surface area contributed by atoms with Gasteiger partial charge in [0.25, 0.3) is 0 Å². The van der Waals surface area contributed by atoms with Crippen LogP contribution >= 0.6 is 0 Å². The van der Waals surface area contributed by atoms with Gasteiger partial charge in [0, 0.05) is 19.1 Å². The van der Waals surface area contributed by atoms with Gasteiger partial charge in [0.2, 0.25) is 0 Å². The molecule has 1 N–H and O–H groups in total. The van der Waals surface area contributed by atoms with Crippen molar-refractivity contribution in [2.24, 2.45) is 5.92 Å². The monoisotopic (exact) mass is 210 g/mol. The fraction of sp³-hybridized carbons (Fsp3) is 1.00. The second kappa shape index (κ2) is 5.86. The molecule has 1 saturated heterocycles. The van der Waals surface area contributed by atoms with Gasteiger partial charge in [-0.3, -0.25) is 4.90 Å². The van der Waals surface area contributed by atoms with Crippen LogP contribution in [0.15, 0.2) is 0 Å². The molecule has 1 saturated carbocycles. The van der Waals surface area contributed by atoms with Gasteiger partial charge in [-0.05, 0) is 51.1 Å². The van der Waals surface area contributed by atoms with Gasteiger partial charge in [-0.15, -0.1) is 0 Å². The van der Waals surface area contributed by atoms with Crippen LogP contribution < -0.4 is 5.32 Å². The Balaban J connectivity index is 1.67. The predicted octanol–water partition coefficient (Wildman–Crippen LogP) is 2.25. The second-order valence-electron chi connectivity index (χ2n) is 5.29. The van der Waals surface area contributed by atoms with E-state index in [-0.39, 0.29) is 0 Å². The van der Waals surface area contributed by atoms with E-state index < -0.39 is 0 Å². The SMILES string of the molecule is CCCNCC1CCCN1CC1CCC1. The van der Waals surface area contributed by atoms with Gasteiger partial charge < -0.3 is 5.32 Å². The predicted molar refractivity (Wildman–Crippen MR) is 65.1 cm³/mol. The Bertz CT molecular complexity index is 177. The standard InChI is InChI=1S/C13H26N2/c1-2-8-14-10-13-7-4-9-15(13)11-12-5-3-6-12/h12-14H,2-11H2,1H3. The highest BCUT2D eigenvalue weighted by molar-refractivity contribution is 4.84. The smallest absolute Gasteiger partial charge is 0.0221 e. The van der Waals surface area contributed by atoms with Gasteiger partial charge in [-0.1, -0.05) is 13.3 Å². The fourth-order valence-corrected chi connectivity index (χ4v) is 2.82. The molecule has 2 rings (SSSR count). The first-order valence-corrected chi connectivity index (χ1v) is 6.85. The van der Waals surface area contributed by atoms with E-state index >= 15 is 0 Å². The summed E-state index contributed by atoms with van der Waals surface area (Å²) in [6.07, 6.45) is 8.57. The molecule has 15 heavy (non-hydrogen) atoms. The quantitative estimate of drug-likeness (QED) is 0.676. The Hall–Kier alpha value is -0.0800. The number of hydrogen-bond donors (Lipinski definition) is 1. The molecule has 1 aliphatic carbocycles. The van der Waals surface area contributed by atoms with E-state index in [9.17, 15) is 0 Å². The summed E-state index contributed by atoms with van der Waals surface area (Å²) in [7, 11) is 0. The van der Waals surface area contributed by atoms with Crippen LogP contribution in [0.2, 0.25) is 0 Å². The highest BCUT2D eigenvalue weighted by atomic mass is 15.2. The summed E-state index contributed by atoms with van der Waals surface area (Å²) < 4.78 is 0. The van der Waals surface area contributed by atoms with E-state index in [0.29, 0.717) is 0 Å². The van der Waals surface area contributed by atoms with Crippen molar-refractivity contribution in [3.8, 4) is 0 Å². The van der Waals surface area contributed by atoms with Crippen LogP contribution in [0.1, 0.15) is 45.4 Å². The fourth-order valence-electron chi connectivity index (χ4n) is 2.82. The van der Waals surface area contributed by atoms with Crippen LogP contribution in [0.4, 0.5) is 0 Å². The van der Waals surface area contributed by atoms with Crippen molar-refractivity contribution in [3.05, 3.63) is 0 Å². The number of rotatable bonds is 6. The average Bonchev–Trinajstić information content (AvgIpc) is 2.60. The summed E-state index contributed by atoms with van der Waals surface area (Å²) in [5.74, 6) is 1.04. The summed E-state index contributed by atoms with van der Waals surface area (Å²) in [6.45, 7) is 7.40. The summed E-state index contributed by atoms with van der Waals surface area (Å²) >= 11 is 0. The van der Waals surface area contributed by atoms with E-state index in [1.54, 1.807) is 0 Å². The molecule has 1 aliphatic heterocycles. The van der Waals surface area contributed by atoms with Gasteiger partial charge >= 0.3 is 0 Å². The highest BCUT2D eigenvalue weighted by Crippen LogP contribution is 2.29. The third kappa shape index (κ3) is 3.18. The molecule has 0 spiro atoms.